The van der Waals surface area contributed by atoms with Gasteiger partial charge in [-0.2, -0.15) is 0 Å². The molecule has 3 aromatic rings. The van der Waals surface area contributed by atoms with Crippen LogP contribution in [0.3, 0.4) is 0 Å². The summed E-state index contributed by atoms with van der Waals surface area (Å²) in [6.45, 7) is 8.60. The third-order valence-corrected chi connectivity index (χ3v) is 7.58. The molecule has 0 bridgehead atoms. The van der Waals surface area contributed by atoms with E-state index >= 15 is 0 Å². The van der Waals surface area contributed by atoms with E-state index in [2.05, 4.69) is 42.7 Å². The van der Waals surface area contributed by atoms with E-state index in [9.17, 15) is 9.59 Å². The van der Waals surface area contributed by atoms with E-state index in [1.54, 1.807) is 18.2 Å². The topological polar surface area (TPSA) is 60.8 Å². The number of imide groups is 1. The maximum absolute atomic E-state index is 13.2. The lowest BCUT2D eigenvalue weighted by Gasteiger charge is -2.14. The fourth-order valence-corrected chi connectivity index (χ4v) is 5.41. The van der Waals surface area contributed by atoms with Crippen LogP contribution < -0.4 is 9.47 Å². The number of aryl methyl sites for hydroxylation is 1. The number of benzene rings is 2. The molecule has 0 saturated carbocycles. The van der Waals surface area contributed by atoms with Crippen molar-refractivity contribution in [3.05, 3.63) is 80.5 Å². The van der Waals surface area contributed by atoms with Gasteiger partial charge in [0.1, 0.15) is 0 Å². The number of amides is 2. The van der Waals surface area contributed by atoms with Gasteiger partial charge < -0.3 is 14.0 Å². The van der Waals surface area contributed by atoms with Crippen molar-refractivity contribution in [1.82, 2.24) is 9.47 Å². The Morgan fingerprint density at radius 1 is 1.06 bits per heavy atom. The summed E-state index contributed by atoms with van der Waals surface area (Å²) in [5.41, 5.74) is 5.94. The van der Waals surface area contributed by atoms with Crippen LogP contribution in [0.2, 0.25) is 5.02 Å². The predicted molar refractivity (Wildman–Crippen MR) is 138 cm³/mol. The highest BCUT2D eigenvalue weighted by Gasteiger charge is 2.36. The first-order valence-electron chi connectivity index (χ1n) is 11.4. The first-order valence-corrected chi connectivity index (χ1v) is 12.5. The minimum atomic E-state index is -0.333. The van der Waals surface area contributed by atoms with E-state index in [1.165, 1.54) is 10.5 Å². The molecule has 1 fully saturated rings. The molecule has 5 rings (SSSR count). The van der Waals surface area contributed by atoms with Gasteiger partial charge in [-0.3, -0.25) is 14.5 Å². The Hall–Kier alpha value is -3.16. The summed E-state index contributed by atoms with van der Waals surface area (Å²) in [4.78, 5) is 27.5. The molecule has 0 atom stereocenters. The van der Waals surface area contributed by atoms with Gasteiger partial charge in [0.05, 0.1) is 11.4 Å². The molecule has 8 heteroatoms. The third kappa shape index (κ3) is 4.34. The summed E-state index contributed by atoms with van der Waals surface area (Å²) in [5, 5.41) is 0.0948. The van der Waals surface area contributed by atoms with Crippen LogP contribution in [0.1, 0.15) is 47.8 Å². The largest absolute Gasteiger partial charge is 0.454 e. The predicted octanol–water partition coefficient (Wildman–Crippen LogP) is 6.84. The van der Waals surface area contributed by atoms with E-state index < -0.39 is 0 Å². The van der Waals surface area contributed by atoms with Crippen molar-refractivity contribution in [2.75, 3.05) is 6.79 Å². The summed E-state index contributed by atoms with van der Waals surface area (Å²) in [6.07, 6.45) is 1.80. The Bertz CT molecular complexity index is 1370. The number of carbonyl (C=O) groups excluding carboxylic acids is 2. The zero-order chi connectivity index (χ0) is 24.9. The number of rotatable bonds is 5. The Labute approximate surface area is 213 Å². The monoisotopic (exact) mass is 508 g/mol. The van der Waals surface area contributed by atoms with Gasteiger partial charge in [-0.1, -0.05) is 37.6 Å². The Balaban J connectivity index is 1.40. The highest BCUT2D eigenvalue weighted by Crippen LogP contribution is 2.39. The number of hydrogen-bond acceptors (Lipinski definition) is 5. The van der Waals surface area contributed by atoms with Crippen molar-refractivity contribution >= 4 is 40.6 Å². The van der Waals surface area contributed by atoms with E-state index in [4.69, 9.17) is 21.1 Å². The fourth-order valence-electron chi connectivity index (χ4n) is 4.37. The molecular weight excluding hydrogens is 484 g/mol. The van der Waals surface area contributed by atoms with Gasteiger partial charge in [-0.25, -0.2) is 0 Å². The molecule has 0 radical (unpaired) electrons. The summed E-state index contributed by atoms with van der Waals surface area (Å²) < 4.78 is 12.9. The Morgan fingerprint density at radius 3 is 2.43 bits per heavy atom. The third-order valence-electron chi connectivity index (χ3n) is 6.32. The van der Waals surface area contributed by atoms with Crippen LogP contribution >= 0.6 is 23.4 Å². The zero-order valence-corrected chi connectivity index (χ0v) is 21.5. The van der Waals surface area contributed by atoms with Gasteiger partial charge in [-0.15, -0.1) is 0 Å². The summed E-state index contributed by atoms with van der Waals surface area (Å²) in [6, 6.07) is 13.9. The Kier molecular flexibility index (Phi) is 6.15. The highest BCUT2D eigenvalue weighted by atomic mass is 35.5. The van der Waals surface area contributed by atoms with Crippen LogP contribution in [0, 0.1) is 13.8 Å². The van der Waals surface area contributed by atoms with Gasteiger partial charge in [0.2, 0.25) is 6.79 Å². The lowest BCUT2D eigenvalue weighted by Crippen LogP contribution is -2.27. The maximum Gasteiger partial charge on any atom is 0.293 e. The van der Waals surface area contributed by atoms with E-state index in [0.717, 1.165) is 34.4 Å². The number of fused-ring (bicyclic) bond motifs is 1. The standard InChI is InChI=1S/C27H25ClN2O4S/c1-15(2)18-5-7-21(8-6-18)30-16(3)9-19(17(30)4)11-25-26(31)29(27(32)35-25)13-20-10-23-24(12-22(20)28)34-14-33-23/h5-12,15H,13-14H2,1-4H3/b25-11+. The quantitative estimate of drug-likeness (QED) is 0.353. The number of halogens is 1. The van der Waals surface area contributed by atoms with Crippen LogP contribution in [0.25, 0.3) is 11.8 Å². The first kappa shape index (κ1) is 23.6. The first-order chi connectivity index (χ1) is 16.7. The lowest BCUT2D eigenvalue weighted by molar-refractivity contribution is -0.123. The SMILES string of the molecule is Cc1cc(/C=C2/SC(=O)N(Cc3cc4c(cc3Cl)OCO4)C2=O)c(C)n1-c1ccc(C(C)C)cc1. The molecule has 2 aliphatic heterocycles. The van der Waals surface area contributed by atoms with Crippen molar-refractivity contribution in [1.29, 1.82) is 0 Å². The number of carbonyl (C=O) groups is 2. The minimum absolute atomic E-state index is 0.0682. The summed E-state index contributed by atoms with van der Waals surface area (Å²) in [7, 11) is 0. The molecule has 2 aliphatic rings. The average molecular weight is 509 g/mol. The second-order valence-corrected chi connectivity index (χ2v) is 10.4. The van der Waals surface area contributed by atoms with Crippen molar-refractivity contribution in [3.63, 3.8) is 0 Å². The molecule has 0 aliphatic carbocycles. The molecule has 2 amide bonds. The van der Waals surface area contributed by atoms with Gasteiger partial charge >= 0.3 is 0 Å². The lowest BCUT2D eigenvalue weighted by atomic mass is 10.0. The molecule has 180 valence electrons. The second kappa shape index (κ2) is 9.13. The average Bonchev–Trinajstić information content (AvgIpc) is 3.46. The molecule has 0 N–H and O–H groups in total. The zero-order valence-electron chi connectivity index (χ0n) is 19.9. The molecule has 1 aromatic heterocycles. The van der Waals surface area contributed by atoms with Gasteiger partial charge in [-0.05, 0) is 78.6 Å². The van der Waals surface area contributed by atoms with Crippen molar-refractivity contribution in [2.24, 2.45) is 0 Å². The maximum atomic E-state index is 13.2. The number of aromatic nitrogens is 1. The van der Waals surface area contributed by atoms with Crippen molar-refractivity contribution in [2.45, 2.75) is 40.2 Å². The van der Waals surface area contributed by atoms with E-state index in [0.29, 0.717) is 32.9 Å². The normalized spacial score (nSPS) is 16.3. The summed E-state index contributed by atoms with van der Waals surface area (Å²) >= 11 is 7.31. The number of nitrogens with zero attached hydrogens (tertiary/aromatic N) is 2. The van der Waals surface area contributed by atoms with Crippen LogP contribution in [-0.2, 0) is 11.3 Å². The molecule has 35 heavy (non-hydrogen) atoms. The number of thioether (sulfide) groups is 1. The van der Waals surface area contributed by atoms with Crippen LogP contribution in [-0.4, -0.2) is 27.4 Å². The van der Waals surface area contributed by atoms with Crippen LogP contribution in [0.5, 0.6) is 11.5 Å². The smallest absolute Gasteiger partial charge is 0.293 e. The number of hydrogen-bond donors (Lipinski definition) is 0. The molecule has 2 aromatic carbocycles. The Morgan fingerprint density at radius 2 is 1.74 bits per heavy atom. The van der Waals surface area contributed by atoms with Gasteiger partial charge in [0, 0.05) is 28.2 Å². The molecule has 0 unspecified atom stereocenters. The van der Waals surface area contributed by atoms with Crippen molar-refractivity contribution < 1.29 is 19.1 Å². The molecular formula is C27H25ClN2O4S. The molecule has 3 heterocycles. The van der Waals surface area contributed by atoms with Crippen LogP contribution in [0.4, 0.5) is 4.79 Å². The van der Waals surface area contributed by atoms with Crippen molar-refractivity contribution in [3.8, 4) is 17.2 Å². The van der Waals surface area contributed by atoms with E-state index in [1.807, 2.05) is 19.9 Å². The molecule has 6 nitrogen and oxygen atoms in total. The number of ether oxygens (including phenoxy) is 2. The van der Waals surface area contributed by atoms with Gasteiger partial charge in [0.15, 0.2) is 11.5 Å². The molecule has 0 spiro atoms. The minimum Gasteiger partial charge on any atom is -0.454 e. The van der Waals surface area contributed by atoms with Gasteiger partial charge in [0.25, 0.3) is 11.1 Å². The fraction of sp³-hybridized carbons (Fsp3) is 0.259. The molecule has 1 saturated heterocycles. The summed E-state index contributed by atoms with van der Waals surface area (Å²) in [5.74, 6) is 1.25. The highest BCUT2D eigenvalue weighted by molar-refractivity contribution is 8.18. The van der Waals surface area contributed by atoms with Crippen LogP contribution in [0.15, 0.2) is 47.4 Å². The van der Waals surface area contributed by atoms with E-state index in [-0.39, 0.29) is 24.5 Å². The second-order valence-electron chi connectivity index (χ2n) is 8.97.